The van der Waals surface area contributed by atoms with Crippen LogP contribution < -0.4 is 0 Å². The van der Waals surface area contributed by atoms with Gasteiger partial charge in [0.25, 0.3) is 0 Å². The first-order valence-corrected chi connectivity index (χ1v) is 10.3. The Morgan fingerprint density at radius 3 is 2.73 bits per heavy atom. The summed E-state index contributed by atoms with van der Waals surface area (Å²) in [6, 6.07) is 8.14. The summed E-state index contributed by atoms with van der Waals surface area (Å²) in [6.45, 7) is 1.03. The number of carboxylic acid groups (broad SMARTS) is 1. The SMILES string of the molecule is O=C(O)[C@H]1CN(C(=O)CCCCc2nc3ccccc3s2)C[C@@H]1C1CC1. The number of aromatic nitrogens is 1. The molecule has 2 atom stereocenters. The van der Waals surface area contributed by atoms with Gasteiger partial charge in [0.05, 0.1) is 21.1 Å². The Morgan fingerprint density at radius 1 is 1.19 bits per heavy atom. The maximum Gasteiger partial charge on any atom is 0.308 e. The highest BCUT2D eigenvalue weighted by Gasteiger charge is 2.46. The number of carbonyl (C=O) groups is 2. The van der Waals surface area contributed by atoms with Gasteiger partial charge in [-0.25, -0.2) is 4.98 Å². The van der Waals surface area contributed by atoms with Crippen LogP contribution in [-0.4, -0.2) is 40.0 Å². The fourth-order valence-electron chi connectivity index (χ4n) is 4.03. The molecule has 1 aliphatic heterocycles. The minimum atomic E-state index is -0.743. The molecule has 4 rings (SSSR count). The largest absolute Gasteiger partial charge is 0.481 e. The average molecular weight is 372 g/mol. The molecule has 1 amide bonds. The lowest BCUT2D eigenvalue weighted by Crippen LogP contribution is -2.29. The molecule has 2 aromatic rings. The van der Waals surface area contributed by atoms with Crippen LogP contribution >= 0.6 is 11.3 Å². The maximum absolute atomic E-state index is 12.5. The second-order valence-electron chi connectivity index (χ2n) is 7.53. The first-order chi connectivity index (χ1) is 12.6. The van der Waals surface area contributed by atoms with Gasteiger partial charge in [0, 0.05) is 19.5 Å². The third-order valence-corrected chi connectivity index (χ3v) is 6.73. The lowest BCUT2D eigenvalue weighted by Gasteiger charge is -2.16. The van der Waals surface area contributed by atoms with Gasteiger partial charge in [-0.3, -0.25) is 9.59 Å². The minimum absolute atomic E-state index is 0.115. The number of aliphatic carboxylic acids is 1. The Bertz CT molecular complexity index is 781. The number of benzene rings is 1. The first-order valence-electron chi connectivity index (χ1n) is 9.47. The van der Waals surface area contributed by atoms with E-state index in [-0.39, 0.29) is 17.7 Å². The average Bonchev–Trinajstić information content (AvgIpc) is 3.23. The molecule has 1 aromatic carbocycles. The summed E-state index contributed by atoms with van der Waals surface area (Å²) in [7, 11) is 0. The van der Waals surface area contributed by atoms with Crippen molar-refractivity contribution in [3.63, 3.8) is 0 Å². The van der Waals surface area contributed by atoms with Crippen LogP contribution in [0.4, 0.5) is 0 Å². The van der Waals surface area contributed by atoms with E-state index in [4.69, 9.17) is 0 Å². The highest BCUT2D eigenvalue weighted by atomic mass is 32.1. The summed E-state index contributed by atoms with van der Waals surface area (Å²) in [5.41, 5.74) is 1.05. The first kappa shape index (κ1) is 17.5. The van der Waals surface area contributed by atoms with Crippen LogP contribution in [0.2, 0.25) is 0 Å². The van der Waals surface area contributed by atoms with Gasteiger partial charge in [-0.1, -0.05) is 12.1 Å². The summed E-state index contributed by atoms with van der Waals surface area (Å²) in [5.74, 6) is -0.307. The molecule has 2 aliphatic rings. The molecule has 2 fully saturated rings. The fourth-order valence-corrected chi connectivity index (χ4v) is 5.04. The van der Waals surface area contributed by atoms with Gasteiger partial charge < -0.3 is 10.0 Å². The number of hydrogen-bond acceptors (Lipinski definition) is 4. The van der Waals surface area contributed by atoms with Crippen molar-refractivity contribution in [1.29, 1.82) is 0 Å². The Hall–Kier alpha value is -1.95. The predicted octanol–water partition coefficient (Wildman–Crippen LogP) is 3.58. The number of rotatable bonds is 7. The highest BCUT2D eigenvalue weighted by Crippen LogP contribution is 2.44. The number of fused-ring (bicyclic) bond motifs is 1. The number of thiazole rings is 1. The number of likely N-dealkylation sites (tertiary alicyclic amines) is 1. The van der Waals surface area contributed by atoms with Crippen LogP contribution in [0.3, 0.4) is 0 Å². The van der Waals surface area contributed by atoms with Crippen molar-refractivity contribution in [3.05, 3.63) is 29.3 Å². The van der Waals surface area contributed by atoms with Crippen molar-refractivity contribution in [2.45, 2.75) is 38.5 Å². The molecule has 1 saturated carbocycles. The standard InChI is InChI=1S/C20H24N2O3S/c23-19(22-11-14(13-9-10-13)15(12-22)20(24)25)8-4-3-7-18-21-16-5-1-2-6-17(16)26-18/h1-2,5-6,13-15H,3-4,7-12H2,(H,24,25)/t14-,15+/m1/s1. The van der Waals surface area contributed by atoms with Gasteiger partial charge in [-0.05, 0) is 56.1 Å². The van der Waals surface area contributed by atoms with E-state index in [9.17, 15) is 14.7 Å². The Balaban J connectivity index is 1.24. The maximum atomic E-state index is 12.5. The zero-order chi connectivity index (χ0) is 18.1. The molecular formula is C20H24N2O3S. The van der Waals surface area contributed by atoms with Crippen molar-refractivity contribution >= 4 is 33.4 Å². The molecular weight excluding hydrogens is 348 g/mol. The molecule has 2 heterocycles. The molecule has 5 nitrogen and oxygen atoms in total. The van der Waals surface area contributed by atoms with Gasteiger partial charge in [0.2, 0.25) is 5.91 Å². The summed E-state index contributed by atoms with van der Waals surface area (Å²) >= 11 is 1.72. The van der Waals surface area contributed by atoms with E-state index in [1.54, 1.807) is 16.2 Å². The van der Waals surface area contributed by atoms with Crippen LogP contribution in [-0.2, 0) is 16.0 Å². The van der Waals surface area contributed by atoms with Crippen LogP contribution in [0.5, 0.6) is 0 Å². The molecule has 0 spiro atoms. The van der Waals surface area contributed by atoms with Gasteiger partial charge in [-0.2, -0.15) is 0 Å². The summed E-state index contributed by atoms with van der Waals surface area (Å²) in [5, 5.41) is 10.5. The van der Waals surface area contributed by atoms with E-state index in [0.29, 0.717) is 25.4 Å². The monoisotopic (exact) mass is 372 g/mol. The Labute approximate surface area is 157 Å². The van der Waals surface area contributed by atoms with Crippen LogP contribution in [0.25, 0.3) is 10.2 Å². The number of amides is 1. The normalized spacial score (nSPS) is 22.8. The Morgan fingerprint density at radius 2 is 2.00 bits per heavy atom. The number of carbonyl (C=O) groups excluding carboxylic acids is 1. The van der Waals surface area contributed by atoms with Crippen LogP contribution in [0.1, 0.15) is 37.1 Å². The fraction of sp³-hybridized carbons (Fsp3) is 0.550. The van der Waals surface area contributed by atoms with Crippen LogP contribution in [0, 0.1) is 17.8 Å². The topological polar surface area (TPSA) is 70.5 Å². The molecule has 6 heteroatoms. The van der Waals surface area contributed by atoms with E-state index < -0.39 is 5.97 Å². The summed E-state index contributed by atoms with van der Waals surface area (Å²) in [6.07, 6.45) is 5.42. The van der Waals surface area contributed by atoms with E-state index in [1.807, 2.05) is 18.2 Å². The number of hydrogen-bond donors (Lipinski definition) is 1. The van der Waals surface area contributed by atoms with Crippen molar-refractivity contribution in [2.75, 3.05) is 13.1 Å². The zero-order valence-electron chi connectivity index (χ0n) is 14.8. The molecule has 1 N–H and O–H groups in total. The number of nitrogens with zero attached hydrogens (tertiary/aromatic N) is 2. The smallest absolute Gasteiger partial charge is 0.308 e. The molecule has 26 heavy (non-hydrogen) atoms. The highest BCUT2D eigenvalue weighted by molar-refractivity contribution is 7.18. The van der Waals surface area contributed by atoms with Crippen molar-refractivity contribution in [3.8, 4) is 0 Å². The van der Waals surface area contributed by atoms with E-state index in [0.717, 1.165) is 42.6 Å². The molecule has 1 aromatic heterocycles. The number of para-hydroxylation sites is 1. The molecule has 138 valence electrons. The number of unbranched alkanes of at least 4 members (excludes halogenated alkanes) is 1. The molecule has 0 bridgehead atoms. The summed E-state index contributed by atoms with van der Waals surface area (Å²) < 4.78 is 1.21. The second kappa shape index (κ2) is 7.35. The van der Waals surface area contributed by atoms with Gasteiger partial charge in [0.1, 0.15) is 0 Å². The Kier molecular flexibility index (Phi) is 4.94. The molecule has 0 radical (unpaired) electrons. The lowest BCUT2D eigenvalue weighted by atomic mass is 9.92. The van der Waals surface area contributed by atoms with E-state index in [1.165, 1.54) is 4.70 Å². The second-order valence-corrected chi connectivity index (χ2v) is 8.64. The van der Waals surface area contributed by atoms with Gasteiger partial charge in [-0.15, -0.1) is 11.3 Å². The van der Waals surface area contributed by atoms with Crippen molar-refractivity contribution in [2.24, 2.45) is 17.8 Å². The molecule has 1 saturated heterocycles. The van der Waals surface area contributed by atoms with Gasteiger partial charge in [0.15, 0.2) is 0 Å². The number of aryl methyl sites for hydroxylation is 1. The third kappa shape index (κ3) is 3.75. The number of carboxylic acids is 1. The molecule has 1 aliphatic carbocycles. The summed E-state index contributed by atoms with van der Waals surface area (Å²) in [4.78, 5) is 30.4. The van der Waals surface area contributed by atoms with Crippen LogP contribution in [0.15, 0.2) is 24.3 Å². The van der Waals surface area contributed by atoms with Crippen molar-refractivity contribution in [1.82, 2.24) is 9.88 Å². The van der Waals surface area contributed by atoms with Crippen molar-refractivity contribution < 1.29 is 14.7 Å². The van der Waals surface area contributed by atoms with E-state index in [2.05, 4.69) is 11.1 Å². The quantitative estimate of drug-likeness (QED) is 0.754. The minimum Gasteiger partial charge on any atom is -0.481 e. The lowest BCUT2D eigenvalue weighted by molar-refractivity contribution is -0.142. The predicted molar refractivity (Wildman–Crippen MR) is 101 cm³/mol. The van der Waals surface area contributed by atoms with E-state index >= 15 is 0 Å². The zero-order valence-corrected chi connectivity index (χ0v) is 15.6. The molecule has 0 unspecified atom stereocenters. The third-order valence-electron chi connectivity index (χ3n) is 5.63. The van der Waals surface area contributed by atoms with Gasteiger partial charge >= 0.3 is 5.97 Å².